The average molecular weight is 2130 g/mol. The molecule has 4 amide bonds. The lowest BCUT2D eigenvalue weighted by Gasteiger charge is -2.16. The number of aryl methyl sites for hydroxylation is 3. The molecule has 0 fully saturated rings. The van der Waals surface area contributed by atoms with Gasteiger partial charge in [0.05, 0.1) is 87.5 Å². The van der Waals surface area contributed by atoms with Gasteiger partial charge in [0.15, 0.2) is 49.7 Å². The maximum absolute atomic E-state index is 13.5. The summed E-state index contributed by atoms with van der Waals surface area (Å²) < 4.78 is 169. The van der Waals surface area contributed by atoms with Crippen molar-refractivity contribution in [2.75, 3.05) is 81.9 Å². The molecule has 0 aliphatic heterocycles. The topological polar surface area (TPSA) is 565 Å². The summed E-state index contributed by atoms with van der Waals surface area (Å²) in [5.74, 6) is -3.00. The van der Waals surface area contributed by atoms with E-state index in [0.717, 1.165) is 25.0 Å². The lowest BCUT2D eigenvalue weighted by molar-refractivity contribution is -0.156. The Hall–Kier alpha value is -14.3. The molecule has 0 heterocycles. The molecule has 758 valence electrons. The summed E-state index contributed by atoms with van der Waals surface area (Å²) in [4.78, 5) is 98.6. The SMILES string of the molecule is C.C.C.CCCCP(C)(=O)Oc1ccccc1.COCOc1cc(OCC(=O)Nc2ccc(S(N)(=O)=O)cc2C)c(C(=O)c2cccc(C#N)c2)cc1Cl.Cc1cc(S(N)(=O)=O)ccc1NC(=O)COc1cc(O)c(Cl)cc1C(=O)c1cccc(C#N)c1.Cc1cc(S(N)(=O)=O)ccc1NC(=O)COc1cc(OC(=O)NCCP(C)(=O)Oc2ccccc2)c(Cl)cc1C(=O)c1cccc(C#N)c1.O=CC(F)(F)F. The van der Waals surface area contributed by atoms with E-state index in [4.69, 9.17) is 103 Å². The van der Waals surface area contributed by atoms with Crippen LogP contribution in [0.4, 0.5) is 35.0 Å². The summed E-state index contributed by atoms with van der Waals surface area (Å²) in [5.41, 5.74) is 3.59. The quantitative estimate of drug-likeness (QED) is 0.00791. The zero-order chi connectivity index (χ0) is 104. The number of rotatable bonds is 35. The van der Waals surface area contributed by atoms with E-state index in [2.05, 4.69) is 28.2 Å². The molecule has 46 heteroatoms. The number of primary sulfonamides is 3. The molecule has 0 radical (unpaired) electrons. The zero-order valence-electron chi connectivity index (χ0n) is 75.0. The third kappa shape index (κ3) is 39.2. The highest BCUT2D eigenvalue weighted by Gasteiger charge is 2.29. The maximum Gasteiger partial charge on any atom is 0.446 e. The van der Waals surface area contributed by atoms with Crippen LogP contribution in [0.25, 0.3) is 0 Å². The van der Waals surface area contributed by atoms with Gasteiger partial charge in [-0.1, -0.05) is 143 Å². The van der Waals surface area contributed by atoms with Crippen molar-refractivity contribution >= 4 is 144 Å². The Morgan fingerprint density at radius 3 is 1.10 bits per heavy atom. The van der Waals surface area contributed by atoms with E-state index in [-0.39, 0.29) is 156 Å². The van der Waals surface area contributed by atoms with Crippen LogP contribution in [0.5, 0.6) is 46.0 Å². The Bertz CT molecular complexity index is 7070. The molecule has 35 nitrogen and oxygen atoms in total. The van der Waals surface area contributed by atoms with Gasteiger partial charge >= 0.3 is 12.3 Å². The molecule has 11 N–H and O–H groups in total. The molecule has 143 heavy (non-hydrogen) atoms. The average Bonchev–Trinajstić information content (AvgIpc) is 0.807. The van der Waals surface area contributed by atoms with Gasteiger partial charge in [0.1, 0.15) is 40.2 Å². The fourth-order valence-electron chi connectivity index (χ4n) is 11.8. The van der Waals surface area contributed by atoms with Gasteiger partial charge in [-0.3, -0.25) is 42.7 Å². The molecule has 0 saturated carbocycles. The number of alkyl halides is 3. The smallest absolute Gasteiger partial charge is 0.446 e. The van der Waals surface area contributed by atoms with Gasteiger partial charge in [-0.15, -0.1) is 0 Å². The number of hydrogen-bond acceptors (Lipinski definition) is 28. The predicted octanol–water partition coefficient (Wildman–Crippen LogP) is 18.4. The van der Waals surface area contributed by atoms with E-state index in [0.29, 0.717) is 51.3 Å². The molecular formula is C97H100Cl3F3N10O25P2S3. The second kappa shape index (κ2) is 55.8. The first-order valence-electron chi connectivity index (χ1n) is 40.6. The number of phenolic OH excluding ortho intramolecular Hbond substituents is 1. The molecule has 0 aliphatic carbocycles. The number of nitriles is 3. The number of unbranched alkanes of at least 4 members (excludes halogenated alkanes) is 1. The minimum Gasteiger partial charge on any atom is -0.506 e. The second-order valence-corrected chi connectivity index (χ2v) is 40.9. The highest BCUT2D eigenvalue weighted by Crippen LogP contribution is 2.45. The molecule has 0 spiro atoms. The van der Waals surface area contributed by atoms with Gasteiger partial charge in [0, 0.05) is 85.1 Å². The van der Waals surface area contributed by atoms with E-state index >= 15 is 0 Å². The van der Waals surface area contributed by atoms with Crippen molar-refractivity contribution in [1.29, 1.82) is 15.8 Å². The number of ether oxygens (including phenoxy) is 6. The number of anilines is 3. The fourth-order valence-corrected chi connectivity index (χ4v) is 16.9. The number of aromatic hydroxyl groups is 1. The number of hydrogen-bond donors (Lipinski definition) is 8. The Labute approximate surface area is 839 Å². The first-order valence-corrected chi connectivity index (χ1v) is 50.9. The number of nitrogens with zero attached hydrogens (tertiary/aromatic N) is 3. The maximum atomic E-state index is 13.5. The van der Waals surface area contributed by atoms with Crippen LogP contribution in [0.15, 0.2) is 239 Å². The Morgan fingerprint density at radius 1 is 0.455 bits per heavy atom. The first-order chi connectivity index (χ1) is 65.9. The Kier molecular flexibility index (Phi) is 47.2. The lowest BCUT2D eigenvalue weighted by Crippen LogP contribution is -2.30. The van der Waals surface area contributed by atoms with Crippen molar-refractivity contribution in [1.82, 2.24) is 5.32 Å². The first kappa shape index (κ1) is 121. The number of para-hydroxylation sites is 2. The van der Waals surface area contributed by atoms with E-state index in [1.54, 1.807) is 82.0 Å². The number of amides is 4. The summed E-state index contributed by atoms with van der Waals surface area (Å²) in [7, 11) is -15.9. The number of methoxy groups -OCH3 is 1. The number of phenols is 1. The molecule has 0 aromatic heterocycles. The van der Waals surface area contributed by atoms with Crippen molar-refractivity contribution in [3.63, 3.8) is 0 Å². The van der Waals surface area contributed by atoms with Crippen LogP contribution >= 0.6 is 49.5 Å². The third-order valence-corrected chi connectivity index (χ3v) is 25.5. The molecule has 11 aromatic rings. The summed E-state index contributed by atoms with van der Waals surface area (Å²) in [6.45, 7) is 8.15. The van der Waals surface area contributed by atoms with Crippen molar-refractivity contribution in [3.05, 3.63) is 306 Å². The molecule has 2 unspecified atom stereocenters. The summed E-state index contributed by atoms with van der Waals surface area (Å²) in [6, 6.07) is 61.0. The predicted molar refractivity (Wildman–Crippen MR) is 535 cm³/mol. The Balaban J connectivity index is 0.000000408. The normalized spacial score (nSPS) is 11.5. The molecule has 2 atom stereocenters. The number of sulfonamides is 3. The van der Waals surface area contributed by atoms with E-state index in [9.17, 15) is 91.5 Å². The van der Waals surface area contributed by atoms with Crippen LogP contribution in [0, 0.1) is 54.8 Å². The highest BCUT2D eigenvalue weighted by molar-refractivity contribution is 7.89. The van der Waals surface area contributed by atoms with Gasteiger partial charge in [-0.05, 0) is 177 Å². The standard InChI is InChI=1S/C33H30ClN4O9PS.C25H22ClN3O7S.C23H18ClN3O6S.C11H17O2P.C2HF3O.3CH4/c1-21-15-25(49(36,43)44)11-12-28(21)38-31(39)20-45-29-18-30(27(34)17-26(29)32(40)23-8-6-7-22(16-23)19-35)46-33(41)37-13-14-48(2,42)47-24-9-4-3-5-10-24;1-15-8-18(37(28,32)33)6-7-21(15)29-24(30)13-35-22-11-23(36-14-34-2)20(26)10-19(22)25(31)17-5-3-4-16(9-17)12-27;1-13-7-16(34(26,31)32)5-6-19(13)27-22(29)12-33-21-10-20(28)18(24)9-17(21)23(30)15-4-2-3-14(8-15)11-25;1-3-4-10-14(2,12)13-11-8-6-5-7-9-11;3-2(4,5)1-6;;;/h3-12,15-18H,13-14,20H2,1-2H3,(H,37,41)(H,38,39)(H2,36,43,44);3-11H,13-14H2,1-2H3,(H,29,30)(H2,28,32,33);2-10,28H,12H2,1H3,(H,27,29)(H2,26,31,32);5-9H,3-4,10H2,1-2H3;1H;3*1H4. The van der Waals surface area contributed by atoms with Crippen LogP contribution in [0.2, 0.25) is 15.1 Å². The Morgan fingerprint density at radius 2 is 0.783 bits per heavy atom. The van der Waals surface area contributed by atoms with Gasteiger partial charge in [0.25, 0.3) is 17.7 Å². The molecule has 0 bridgehead atoms. The number of nitrogens with two attached hydrogens (primary N) is 3. The number of carbonyl (C=O) groups is 8. The van der Waals surface area contributed by atoms with Gasteiger partial charge < -0.3 is 63.8 Å². The minimum absolute atomic E-state index is 0. The van der Waals surface area contributed by atoms with Crippen LogP contribution in [0.1, 0.15) is 123 Å². The number of halogens is 6. The second-order valence-electron chi connectivity index (χ2n) is 29.7. The largest absolute Gasteiger partial charge is 0.506 e. The summed E-state index contributed by atoms with van der Waals surface area (Å²) in [6.07, 6.45) is -3.99. The van der Waals surface area contributed by atoms with Crippen molar-refractivity contribution < 1.29 is 128 Å². The number of benzene rings is 11. The van der Waals surface area contributed by atoms with E-state index in [1.807, 2.05) is 48.5 Å². The molecule has 0 aliphatic rings. The third-order valence-electron chi connectivity index (χ3n) is 18.5. The number of carbonyl (C=O) groups excluding carboxylic acids is 8. The number of ketones is 3. The molecular weight excluding hydrogens is 2030 g/mol. The van der Waals surface area contributed by atoms with Crippen LogP contribution in [-0.2, 0) is 63.1 Å². The highest BCUT2D eigenvalue weighted by atomic mass is 35.5. The lowest BCUT2D eigenvalue weighted by atomic mass is 10.0. The molecule has 11 rings (SSSR count). The van der Waals surface area contributed by atoms with Crippen LogP contribution < -0.4 is 69.4 Å². The van der Waals surface area contributed by atoms with Crippen LogP contribution in [-0.4, -0.2) is 150 Å². The van der Waals surface area contributed by atoms with Crippen molar-refractivity contribution in [2.45, 2.75) is 83.7 Å². The van der Waals surface area contributed by atoms with Crippen molar-refractivity contribution in [2.24, 2.45) is 15.4 Å². The fraction of sp³-hybridized carbons (Fsp3) is 0.206. The van der Waals surface area contributed by atoms with Crippen molar-refractivity contribution in [3.8, 4) is 64.2 Å². The van der Waals surface area contributed by atoms with Crippen LogP contribution in [0.3, 0.4) is 0 Å². The van der Waals surface area contributed by atoms with Gasteiger partial charge in [0.2, 0.25) is 51.1 Å². The number of nitrogens with one attached hydrogen (secondary N) is 4. The number of aldehydes is 1. The zero-order valence-corrected chi connectivity index (χ0v) is 81.5. The molecule has 0 saturated heterocycles. The summed E-state index contributed by atoms with van der Waals surface area (Å²) >= 11 is 18.7. The van der Waals surface area contributed by atoms with Gasteiger partial charge in [-0.25, -0.2) is 45.5 Å². The van der Waals surface area contributed by atoms with E-state index < -0.39 is 118 Å². The summed E-state index contributed by atoms with van der Waals surface area (Å²) in [5, 5.41) is 63.0. The minimum atomic E-state index is -4.64. The van der Waals surface area contributed by atoms with E-state index in [1.165, 1.54) is 141 Å². The monoisotopic (exact) mass is 2120 g/mol. The van der Waals surface area contributed by atoms with Gasteiger partial charge in [-0.2, -0.15) is 29.0 Å². The molecule has 11 aromatic carbocycles.